The fourth-order valence-electron chi connectivity index (χ4n) is 2.29. The molecule has 1 aliphatic rings. The van der Waals surface area contributed by atoms with Gasteiger partial charge in [0.2, 0.25) is 0 Å². The summed E-state index contributed by atoms with van der Waals surface area (Å²) in [5.41, 5.74) is 0.708. The lowest BCUT2D eigenvalue weighted by Crippen LogP contribution is -2.50. The topological polar surface area (TPSA) is 43.8 Å². The Kier molecular flexibility index (Phi) is 4.67. The largest absolute Gasteiger partial charge is 0.384 e. The Bertz CT molecular complexity index is 486. The van der Waals surface area contributed by atoms with Gasteiger partial charge in [-0.1, -0.05) is 6.07 Å². The highest BCUT2D eigenvalue weighted by molar-refractivity contribution is 5.80. The minimum absolute atomic E-state index is 0.266. The molecule has 1 atom stereocenters. The van der Waals surface area contributed by atoms with Gasteiger partial charge in [-0.05, 0) is 24.6 Å². The van der Waals surface area contributed by atoms with E-state index < -0.39 is 17.7 Å². The predicted molar refractivity (Wildman–Crippen MR) is 69.9 cm³/mol. The van der Waals surface area contributed by atoms with Gasteiger partial charge in [-0.3, -0.25) is 9.69 Å². The number of carbonyl (C=O) groups excluding carboxylic acids is 1. The van der Waals surface area contributed by atoms with E-state index in [4.69, 9.17) is 0 Å². The van der Waals surface area contributed by atoms with Crippen molar-refractivity contribution >= 4 is 5.91 Å². The van der Waals surface area contributed by atoms with Crippen LogP contribution < -0.4 is 0 Å². The van der Waals surface area contributed by atoms with Gasteiger partial charge in [-0.2, -0.15) is 0 Å². The van der Waals surface area contributed by atoms with E-state index in [-0.39, 0.29) is 5.91 Å². The van der Waals surface area contributed by atoms with Crippen molar-refractivity contribution in [2.75, 3.05) is 26.2 Å². The summed E-state index contributed by atoms with van der Waals surface area (Å²) in [5, 5.41) is 9.25. The number of aliphatic hydroxyl groups is 1. The van der Waals surface area contributed by atoms with Gasteiger partial charge in [0.25, 0.3) is 5.91 Å². The van der Waals surface area contributed by atoms with Crippen molar-refractivity contribution in [1.82, 2.24) is 9.80 Å². The van der Waals surface area contributed by atoms with Crippen molar-refractivity contribution in [3.63, 3.8) is 0 Å². The third kappa shape index (κ3) is 3.52. The normalized spacial score (nSPS) is 18.1. The molecule has 1 fully saturated rings. The van der Waals surface area contributed by atoms with Crippen molar-refractivity contribution < 1.29 is 18.7 Å². The lowest BCUT2D eigenvalue weighted by molar-refractivity contribution is -0.141. The molecule has 1 N–H and O–H groups in total. The molecule has 0 radical (unpaired) electrons. The third-order valence-corrected chi connectivity index (χ3v) is 3.43. The van der Waals surface area contributed by atoms with Gasteiger partial charge in [-0.25, -0.2) is 8.78 Å². The first-order valence-electron chi connectivity index (χ1n) is 6.60. The molecule has 1 amide bonds. The van der Waals surface area contributed by atoms with Gasteiger partial charge >= 0.3 is 0 Å². The Balaban J connectivity index is 1.88. The molecular weight excluding hydrogens is 266 g/mol. The van der Waals surface area contributed by atoms with Gasteiger partial charge in [0.15, 0.2) is 11.6 Å². The van der Waals surface area contributed by atoms with Crippen LogP contribution >= 0.6 is 0 Å². The molecule has 0 aromatic heterocycles. The third-order valence-electron chi connectivity index (χ3n) is 3.43. The lowest BCUT2D eigenvalue weighted by Gasteiger charge is -2.35. The summed E-state index contributed by atoms with van der Waals surface area (Å²) < 4.78 is 26.0. The Morgan fingerprint density at radius 3 is 2.45 bits per heavy atom. The van der Waals surface area contributed by atoms with Crippen LogP contribution in [-0.4, -0.2) is 53.1 Å². The van der Waals surface area contributed by atoms with Crippen LogP contribution in [0.2, 0.25) is 0 Å². The van der Waals surface area contributed by atoms with Crippen LogP contribution in [0.3, 0.4) is 0 Å². The SMILES string of the molecule is CC(O)C(=O)N1CCN(Cc2ccc(F)c(F)c2)CC1. The van der Waals surface area contributed by atoms with Crippen molar-refractivity contribution in [2.24, 2.45) is 0 Å². The summed E-state index contributed by atoms with van der Waals surface area (Å²) in [6.45, 7) is 4.35. The zero-order valence-corrected chi connectivity index (χ0v) is 11.4. The number of rotatable bonds is 3. The molecule has 20 heavy (non-hydrogen) atoms. The molecule has 1 aromatic carbocycles. The molecule has 110 valence electrons. The first-order chi connectivity index (χ1) is 9.47. The number of aliphatic hydroxyl groups excluding tert-OH is 1. The number of benzene rings is 1. The minimum Gasteiger partial charge on any atom is -0.384 e. The molecular formula is C14H18F2N2O2. The molecule has 1 saturated heterocycles. The molecule has 1 aromatic rings. The van der Waals surface area contributed by atoms with E-state index in [0.29, 0.717) is 38.3 Å². The standard InChI is InChI=1S/C14H18F2N2O2/c1-10(19)14(20)18-6-4-17(5-7-18)9-11-2-3-12(15)13(16)8-11/h2-3,8,10,19H,4-7,9H2,1H3. The summed E-state index contributed by atoms with van der Waals surface area (Å²) in [5.74, 6) is -1.95. The second-order valence-corrected chi connectivity index (χ2v) is 5.03. The van der Waals surface area contributed by atoms with Crippen molar-refractivity contribution in [2.45, 2.75) is 19.6 Å². The quantitative estimate of drug-likeness (QED) is 0.900. The van der Waals surface area contributed by atoms with E-state index in [1.54, 1.807) is 11.0 Å². The zero-order chi connectivity index (χ0) is 14.7. The van der Waals surface area contributed by atoms with Gasteiger partial charge in [-0.15, -0.1) is 0 Å². The maximum absolute atomic E-state index is 13.1. The number of nitrogens with zero attached hydrogens (tertiary/aromatic N) is 2. The monoisotopic (exact) mass is 284 g/mol. The van der Waals surface area contributed by atoms with Crippen molar-refractivity contribution in [3.05, 3.63) is 35.4 Å². The lowest BCUT2D eigenvalue weighted by atomic mass is 10.2. The summed E-state index contributed by atoms with van der Waals surface area (Å²) in [4.78, 5) is 15.3. The van der Waals surface area contributed by atoms with Gasteiger partial charge in [0.1, 0.15) is 6.10 Å². The van der Waals surface area contributed by atoms with E-state index >= 15 is 0 Å². The smallest absolute Gasteiger partial charge is 0.251 e. The highest BCUT2D eigenvalue weighted by Gasteiger charge is 2.23. The van der Waals surface area contributed by atoms with E-state index in [1.165, 1.54) is 13.0 Å². The fraction of sp³-hybridized carbons (Fsp3) is 0.500. The maximum Gasteiger partial charge on any atom is 0.251 e. The van der Waals surface area contributed by atoms with Crippen LogP contribution in [0.4, 0.5) is 8.78 Å². The van der Waals surface area contributed by atoms with Crippen molar-refractivity contribution in [1.29, 1.82) is 0 Å². The van der Waals surface area contributed by atoms with Gasteiger partial charge in [0, 0.05) is 32.7 Å². The van der Waals surface area contributed by atoms with Crippen LogP contribution in [0, 0.1) is 11.6 Å². The van der Waals surface area contributed by atoms with Crippen LogP contribution in [-0.2, 0) is 11.3 Å². The van der Waals surface area contributed by atoms with Gasteiger partial charge in [0.05, 0.1) is 0 Å². The predicted octanol–water partition coefficient (Wildman–Crippen LogP) is 0.990. The first kappa shape index (κ1) is 14.9. The number of halogens is 2. The Morgan fingerprint density at radius 2 is 1.90 bits per heavy atom. The maximum atomic E-state index is 13.1. The second kappa shape index (κ2) is 6.28. The average molecular weight is 284 g/mol. The Hall–Kier alpha value is -1.53. The van der Waals surface area contributed by atoms with Crippen LogP contribution in [0.1, 0.15) is 12.5 Å². The van der Waals surface area contributed by atoms with E-state index in [1.807, 2.05) is 0 Å². The number of hydrogen-bond acceptors (Lipinski definition) is 3. The molecule has 4 nitrogen and oxygen atoms in total. The van der Waals surface area contributed by atoms with E-state index in [2.05, 4.69) is 4.90 Å². The number of amides is 1. The fourth-order valence-corrected chi connectivity index (χ4v) is 2.29. The minimum atomic E-state index is -0.979. The molecule has 1 aliphatic heterocycles. The van der Waals surface area contributed by atoms with E-state index in [9.17, 15) is 18.7 Å². The summed E-state index contributed by atoms with van der Waals surface area (Å²) in [6, 6.07) is 3.88. The van der Waals surface area contributed by atoms with Gasteiger partial charge < -0.3 is 10.0 Å². The van der Waals surface area contributed by atoms with Crippen LogP contribution in [0.25, 0.3) is 0 Å². The number of hydrogen-bond donors (Lipinski definition) is 1. The van der Waals surface area contributed by atoms with E-state index in [0.717, 1.165) is 6.07 Å². The first-order valence-corrected chi connectivity index (χ1v) is 6.60. The molecule has 1 heterocycles. The second-order valence-electron chi connectivity index (χ2n) is 5.03. The molecule has 6 heteroatoms. The molecule has 0 aliphatic carbocycles. The molecule has 0 spiro atoms. The number of carbonyl (C=O) groups is 1. The number of piperazine rings is 1. The Morgan fingerprint density at radius 1 is 1.25 bits per heavy atom. The molecule has 0 bridgehead atoms. The Labute approximate surface area is 116 Å². The summed E-state index contributed by atoms with van der Waals surface area (Å²) in [6.07, 6.45) is -0.979. The summed E-state index contributed by atoms with van der Waals surface area (Å²) >= 11 is 0. The average Bonchev–Trinajstić information content (AvgIpc) is 2.43. The highest BCUT2D eigenvalue weighted by atomic mass is 19.2. The van der Waals surface area contributed by atoms with Crippen LogP contribution in [0.5, 0.6) is 0 Å². The van der Waals surface area contributed by atoms with Crippen LogP contribution in [0.15, 0.2) is 18.2 Å². The molecule has 1 unspecified atom stereocenters. The summed E-state index contributed by atoms with van der Waals surface area (Å²) in [7, 11) is 0. The van der Waals surface area contributed by atoms with Crippen molar-refractivity contribution in [3.8, 4) is 0 Å². The molecule has 0 saturated carbocycles. The molecule has 2 rings (SSSR count). The highest BCUT2D eigenvalue weighted by Crippen LogP contribution is 2.13. The zero-order valence-electron chi connectivity index (χ0n) is 11.4.